The van der Waals surface area contributed by atoms with E-state index in [0.717, 1.165) is 95.0 Å². The number of β-amino-alcohol motifs (C(OH)–C–C–N with tert-alkyl or cyclic N) is 1. The molecular formula is C54H68ClN11O5. The van der Waals surface area contributed by atoms with Crippen molar-refractivity contribution in [3.63, 3.8) is 0 Å². The molecule has 5 heterocycles. The molecule has 3 aliphatic heterocycles. The summed E-state index contributed by atoms with van der Waals surface area (Å²) in [5.41, 5.74) is 3.85. The highest BCUT2D eigenvalue weighted by Crippen LogP contribution is 2.55. The molecule has 376 valence electrons. The number of piperazine rings is 1. The Balaban J connectivity index is 0.707. The van der Waals surface area contributed by atoms with E-state index in [1.807, 2.05) is 58.4 Å². The van der Waals surface area contributed by atoms with E-state index in [0.29, 0.717) is 34.1 Å². The van der Waals surface area contributed by atoms with Gasteiger partial charge in [-0.15, -0.1) is 10.2 Å². The van der Waals surface area contributed by atoms with Crippen molar-refractivity contribution in [3.8, 4) is 28.8 Å². The molecule has 5 fully saturated rings. The summed E-state index contributed by atoms with van der Waals surface area (Å²) in [6.07, 6.45) is 11.4. The number of para-hydroxylation sites is 1. The zero-order valence-electron chi connectivity index (χ0n) is 41.4. The highest BCUT2D eigenvalue weighted by atomic mass is 35.5. The molecule has 9 rings (SSSR count). The molecule has 2 aliphatic carbocycles. The van der Waals surface area contributed by atoms with Crippen molar-refractivity contribution in [2.24, 2.45) is 16.7 Å². The van der Waals surface area contributed by atoms with Crippen LogP contribution >= 0.6 is 11.6 Å². The summed E-state index contributed by atoms with van der Waals surface area (Å²) in [6, 6.07) is 15.1. The molecule has 2 saturated carbocycles. The Kier molecular flexibility index (Phi) is 15.0. The van der Waals surface area contributed by atoms with Crippen LogP contribution in [0.1, 0.15) is 95.6 Å². The Morgan fingerprint density at radius 1 is 0.887 bits per heavy atom. The molecule has 1 spiro atoms. The number of piperidine rings is 1. The van der Waals surface area contributed by atoms with Crippen molar-refractivity contribution in [2.75, 3.05) is 74.5 Å². The molecule has 71 heavy (non-hydrogen) atoms. The van der Waals surface area contributed by atoms with Crippen LogP contribution in [0, 0.1) is 28.6 Å². The second-order valence-corrected chi connectivity index (χ2v) is 21.8. The van der Waals surface area contributed by atoms with Gasteiger partial charge in [-0.2, -0.15) is 0 Å². The van der Waals surface area contributed by atoms with Crippen LogP contribution in [0.2, 0.25) is 5.02 Å². The summed E-state index contributed by atoms with van der Waals surface area (Å²) < 4.78 is 0. The first-order chi connectivity index (χ1) is 34.2. The van der Waals surface area contributed by atoms with Gasteiger partial charge in [-0.1, -0.05) is 56.3 Å². The van der Waals surface area contributed by atoms with Crippen LogP contribution in [-0.4, -0.2) is 142 Å². The van der Waals surface area contributed by atoms with Crippen LogP contribution < -0.4 is 25.8 Å². The number of aliphatic hydroxyl groups is 1. The summed E-state index contributed by atoms with van der Waals surface area (Å²) in [5.74, 6) is 6.98. The summed E-state index contributed by atoms with van der Waals surface area (Å²) in [5, 5.41) is 39.5. The first-order valence-electron chi connectivity index (χ1n) is 25.4. The van der Waals surface area contributed by atoms with Crippen LogP contribution in [0.5, 0.6) is 5.75 Å². The molecule has 3 atom stereocenters. The number of benzene rings is 2. The Morgan fingerprint density at radius 3 is 2.23 bits per heavy atom. The number of carbonyl (C=O) groups excluding carboxylic acids is 3. The van der Waals surface area contributed by atoms with Crippen molar-refractivity contribution >= 4 is 46.8 Å². The molecule has 3 amide bonds. The molecule has 16 nitrogen and oxygen atoms in total. The summed E-state index contributed by atoms with van der Waals surface area (Å²) in [4.78, 5) is 59.8. The number of aromatic nitrogens is 4. The van der Waals surface area contributed by atoms with Crippen molar-refractivity contribution in [3.05, 3.63) is 83.1 Å². The number of carbonyl (C=O) groups is 3. The van der Waals surface area contributed by atoms with E-state index in [1.54, 1.807) is 36.4 Å². The lowest BCUT2D eigenvalue weighted by atomic mass is 9.56. The molecule has 2 aromatic heterocycles. The van der Waals surface area contributed by atoms with Gasteiger partial charge >= 0.3 is 0 Å². The van der Waals surface area contributed by atoms with Crippen molar-refractivity contribution < 1.29 is 24.6 Å². The van der Waals surface area contributed by atoms with Gasteiger partial charge in [0.2, 0.25) is 23.7 Å². The van der Waals surface area contributed by atoms with E-state index < -0.39 is 23.6 Å². The Labute approximate surface area is 422 Å². The predicted molar refractivity (Wildman–Crippen MR) is 275 cm³/mol. The normalized spacial score (nSPS) is 24.4. The number of hydrogen-bond acceptors (Lipinski definition) is 13. The number of aromatic hydroxyl groups is 1. The number of halogens is 1. The number of phenols is 1. The van der Waals surface area contributed by atoms with Crippen LogP contribution in [0.25, 0.3) is 11.3 Å². The lowest BCUT2D eigenvalue weighted by Gasteiger charge is -2.55. The maximum Gasteiger partial charge on any atom is 0.246 e. The number of rotatable bonds is 11. The highest BCUT2D eigenvalue weighted by Gasteiger charge is 2.50. The fraction of sp³-hybridized carbons (Fsp3) is 0.537. The largest absolute Gasteiger partial charge is 0.507 e. The van der Waals surface area contributed by atoms with E-state index in [9.17, 15) is 24.6 Å². The first-order valence-corrected chi connectivity index (χ1v) is 25.8. The molecule has 2 aromatic carbocycles. The summed E-state index contributed by atoms with van der Waals surface area (Å²) in [6.45, 7) is 11.1. The van der Waals surface area contributed by atoms with Crippen molar-refractivity contribution in [1.82, 2.24) is 40.6 Å². The Morgan fingerprint density at radius 2 is 1.56 bits per heavy atom. The minimum absolute atomic E-state index is 0.0267. The first kappa shape index (κ1) is 49.9. The van der Waals surface area contributed by atoms with Gasteiger partial charge in [0.1, 0.15) is 17.8 Å². The number of anilines is 3. The number of nitrogens with zero attached hydrogens (tertiary/aromatic N) is 8. The predicted octanol–water partition coefficient (Wildman–Crippen LogP) is 5.84. The number of phenolic OH excluding ortho intramolecular Hbond substituents is 1. The van der Waals surface area contributed by atoms with Gasteiger partial charge in [0, 0.05) is 86.7 Å². The molecule has 0 radical (unpaired) electrons. The summed E-state index contributed by atoms with van der Waals surface area (Å²) >= 11 is 5.97. The van der Waals surface area contributed by atoms with E-state index in [4.69, 9.17) is 21.6 Å². The quantitative estimate of drug-likeness (QED) is 0.113. The Bertz CT molecular complexity index is 2580. The molecule has 4 aromatic rings. The number of hydrogen-bond donors (Lipinski definition) is 5. The molecular weight excluding hydrogens is 918 g/mol. The maximum atomic E-state index is 14.2. The lowest BCUT2D eigenvalue weighted by Crippen LogP contribution is -2.59. The van der Waals surface area contributed by atoms with E-state index >= 15 is 0 Å². The summed E-state index contributed by atoms with van der Waals surface area (Å²) in [7, 11) is 1.84. The fourth-order valence-corrected chi connectivity index (χ4v) is 11.6. The number of nitrogens with one attached hydrogen (secondary N) is 3. The number of aliphatic hydroxyl groups excluding tert-OH is 1. The van der Waals surface area contributed by atoms with E-state index in [1.165, 1.54) is 23.3 Å². The molecule has 5 N–H and O–H groups in total. The molecule has 0 unspecified atom stereocenters. The van der Waals surface area contributed by atoms with Crippen molar-refractivity contribution in [1.29, 1.82) is 0 Å². The van der Waals surface area contributed by atoms with Crippen LogP contribution in [-0.2, 0) is 14.4 Å². The average molecular weight is 987 g/mol. The number of amides is 3. The van der Waals surface area contributed by atoms with Gasteiger partial charge in [0.25, 0.3) is 0 Å². The van der Waals surface area contributed by atoms with E-state index in [-0.39, 0.29) is 54.3 Å². The van der Waals surface area contributed by atoms with Crippen LogP contribution in [0.15, 0.2) is 67.0 Å². The topological polar surface area (TPSA) is 192 Å². The standard InChI is InChI=1S/C54H68ClN11O5/c1-53(2,3)47(51(71)66-34-41(67)28-45(66)50(70)57-21-7-8-35-11-13-39(55)14-12-35)60-49(69)37-15-19-54(20-16-37)30-40(31-54)63-22-17-36(18-23-63)38-32-58-52(59-33-38)65-26-24-64(25-27-65)44-29-43(61-62-48(44)56-4)42-9-5-6-10-46(42)68/h5-6,9-14,29,32-33,36-37,40-41,45,47,67-68H,15-28,30-31,34H2,1-4H3,(H,56,62)(H,57,70)(H,60,69)/t37?,40?,41-,45+,47-,54?/m1/s1. The lowest BCUT2D eigenvalue weighted by molar-refractivity contribution is -0.145. The zero-order chi connectivity index (χ0) is 49.9. The molecule has 5 aliphatic rings. The average Bonchev–Trinajstić information content (AvgIpc) is 3.78. The van der Waals surface area contributed by atoms with Gasteiger partial charge < -0.3 is 45.8 Å². The second kappa shape index (κ2) is 21.4. The van der Waals surface area contributed by atoms with Gasteiger partial charge in [-0.3, -0.25) is 14.4 Å². The molecule has 3 saturated heterocycles. The minimum Gasteiger partial charge on any atom is -0.507 e. The van der Waals surface area contributed by atoms with Crippen molar-refractivity contribution in [2.45, 2.75) is 109 Å². The van der Waals surface area contributed by atoms with Gasteiger partial charge in [-0.05, 0) is 129 Å². The zero-order valence-corrected chi connectivity index (χ0v) is 42.2. The van der Waals surface area contributed by atoms with Crippen LogP contribution in [0.3, 0.4) is 0 Å². The fourth-order valence-electron chi connectivity index (χ4n) is 11.5. The van der Waals surface area contributed by atoms with Gasteiger partial charge in [0.15, 0.2) is 5.82 Å². The Hall–Kier alpha value is -6.02. The van der Waals surface area contributed by atoms with E-state index in [2.05, 4.69) is 52.7 Å². The third kappa shape index (κ3) is 11.4. The number of likely N-dealkylation sites (tertiary alicyclic amines) is 2. The SMILES string of the molecule is CNc1nnc(-c2ccccc2O)cc1N1CCN(c2ncc(C3CCN(C4CC5(CCC(C(=O)N[C@H](C(=O)N6C[C@H](O)C[C@H]6C(=O)NCC#Cc6ccc(Cl)cc6)C(C)(C)C)CC5)C4)CC3)cn2)CC1. The smallest absolute Gasteiger partial charge is 0.246 e. The van der Waals surface area contributed by atoms with Gasteiger partial charge in [-0.25, -0.2) is 9.97 Å². The molecule has 0 bridgehead atoms. The highest BCUT2D eigenvalue weighted by molar-refractivity contribution is 6.30. The van der Waals surface area contributed by atoms with Gasteiger partial charge in [0.05, 0.1) is 24.0 Å². The molecule has 17 heteroatoms. The third-order valence-electron chi connectivity index (χ3n) is 15.7. The second-order valence-electron chi connectivity index (χ2n) is 21.4. The third-order valence-corrected chi connectivity index (χ3v) is 16.0. The minimum atomic E-state index is -0.859. The maximum absolute atomic E-state index is 14.2. The van der Waals surface area contributed by atoms with Crippen LogP contribution in [0.4, 0.5) is 17.5 Å². The monoisotopic (exact) mass is 986 g/mol.